The van der Waals surface area contributed by atoms with E-state index in [1.54, 1.807) is 6.20 Å². The molecule has 0 radical (unpaired) electrons. The highest BCUT2D eigenvalue weighted by molar-refractivity contribution is 5.95. The van der Waals surface area contributed by atoms with Crippen molar-refractivity contribution in [3.8, 4) is 6.07 Å². The molecule has 0 spiro atoms. The second-order valence-electron chi connectivity index (χ2n) is 9.38. The number of anilines is 1. The number of nitrogens with one attached hydrogen (secondary N) is 2. The third-order valence-electron chi connectivity index (χ3n) is 7.34. The summed E-state index contributed by atoms with van der Waals surface area (Å²) in [6.45, 7) is 6.03. The number of hydrogen-bond donors (Lipinski definition) is 2. The van der Waals surface area contributed by atoms with Crippen molar-refractivity contribution in [2.75, 3.05) is 37.6 Å². The van der Waals surface area contributed by atoms with Gasteiger partial charge in [0, 0.05) is 60.9 Å². The minimum Gasteiger partial charge on any atom is -0.378 e. The highest BCUT2D eigenvalue weighted by atomic mass is 19.1. The number of pyridine rings is 1. The van der Waals surface area contributed by atoms with E-state index in [1.165, 1.54) is 16.8 Å². The van der Waals surface area contributed by atoms with Crippen molar-refractivity contribution in [3.63, 3.8) is 0 Å². The first-order valence-electron chi connectivity index (χ1n) is 11.7. The smallest absolute Gasteiger partial charge is 0.134 e. The Hall–Kier alpha value is -3.37. The van der Waals surface area contributed by atoms with Crippen LogP contribution < -0.4 is 15.5 Å². The third kappa shape index (κ3) is 3.37. The molecule has 3 aliphatic heterocycles. The van der Waals surface area contributed by atoms with E-state index in [9.17, 15) is 9.65 Å². The first-order valence-corrected chi connectivity index (χ1v) is 11.7. The maximum Gasteiger partial charge on any atom is 0.134 e. The molecule has 1 aromatic carbocycles. The zero-order chi connectivity index (χ0) is 22.5. The fourth-order valence-electron chi connectivity index (χ4n) is 5.65. The van der Waals surface area contributed by atoms with Crippen molar-refractivity contribution in [2.24, 2.45) is 0 Å². The lowest BCUT2D eigenvalue weighted by Gasteiger charge is -2.42. The van der Waals surface area contributed by atoms with Crippen molar-refractivity contribution in [2.45, 2.75) is 31.6 Å². The second kappa shape index (κ2) is 7.89. The van der Waals surface area contributed by atoms with E-state index < -0.39 is 6.17 Å². The van der Waals surface area contributed by atoms with Gasteiger partial charge in [-0.3, -0.25) is 4.98 Å². The summed E-state index contributed by atoms with van der Waals surface area (Å²) in [6.07, 6.45) is 6.19. The number of halogens is 1. The van der Waals surface area contributed by atoms with Crippen molar-refractivity contribution in [1.82, 2.24) is 20.5 Å². The third-order valence-corrected chi connectivity index (χ3v) is 7.34. The predicted molar refractivity (Wildman–Crippen MR) is 127 cm³/mol. The minimum absolute atomic E-state index is 0.154. The molecule has 1 aromatic heterocycles. The molecule has 2 N–H and O–H groups in total. The van der Waals surface area contributed by atoms with Gasteiger partial charge >= 0.3 is 0 Å². The van der Waals surface area contributed by atoms with Crippen LogP contribution in [0.3, 0.4) is 0 Å². The molecule has 0 bridgehead atoms. The summed E-state index contributed by atoms with van der Waals surface area (Å²) in [6, 6.07) is 10.4. The number of rotatable bonds is 3. The molecule has 33 heavy (non-hydrogen) atoms. The van der Waals surface area contributed by atoms with Crippen LogP contribution in [0.5, 0.6) is 0 Å². The predicted octanol–water partition coefficient (Wildman–Crippen LogP) is 3.00. The molecule has 168 valence electrons. The molecule has 4 heterocycles. The number of nitrogens with zero attached hydrogens (tertiary/aromatic N) is 4. The number of aromatic nitrogens is 1. The number of nitriles is 1. The molecule has 7 heteroatoms. The number of piperazine rings is 1. The first-order chi connectivity index (χ1) is 16.1. The normalized spacial score (nSPS) is 26.6. The van der Waals surface area contributed by atoms with Gasteiger partial charge in [0.05, 0.1) is 23.7 Å². The Bertz CT molecular complexity index is 1260. The van der Waals surface area contributed by atoms with Crippen molar-refractivity contribution in [3.05, 3.63) is 70.7 Å². The van der Waals surface area contributed by atoms with E-state index in [1.807, 2.05) is 12.1 Å². The molecule has 2 fully saturated rings. The zero-order valence-corrected chi connectivity index (χ0v) is 18.7. The van der Waals surface area contributed by atoms with Gasteiger partial charge in [0.15, 0.2) is 0 Å². The highest BCUT2D eigenvalue weighted by Crippen LogP contribution is 2.40. The van der Waals surface area contributed by atoms with Crippen molar-refractivity contribution < 1.29 is 4.39 Å². The van der Waals surface area contributed by atoms with E-state index in [0.717, 1.165) is 48.3 Å². The van der Waals surface area contributed by atoms with Crippen LogP contribution in [0.2, 0.25) is 0 Å². The summed E-state index contributed by atoms with van der Waals surface area (Å²) >= 11 is 0. The van der Waals surface area contributed by atoms with Crippen LogP contribution in [0.25, 0.3) is 10.9 Å². The van der Waals surface area contributed by atoms with Crippen molar-refractivity contribution >= 4 is 16.6 Å². The van der Waals surface area contributed by atoms with Gasteiger partial charge in [0.2, 0.25) is 0 Å². The number of alkyl halides is 1. The summed E-state index contributed by atoms with van der Waals surface area (Å²) in [4.78, 5) is 9.43. The van der Waals surface area contributed by atoms with Crippen LogP contribution in [0.1, 0.15) is 18.9 Å². The molecular formula is C26H27FN6. The van der Waals surface area contributed by atoms with Gasteiger partial charge in [-0.25, -0.2) is 4.39 Å². The minimum atomic E-state index is -0.843. The van der Waals surface area contributed by atoms with Crippen LogP contribution in [0.4, 0.5) is 10.1 Å². The fourth-order valence-corrected chi connectivity index (χ4v) is 5.65. The summed E-state index contributed by atoms with van der Waals surface area (Å²) in [5.74, 6) is 0. The Morgan fingerprint density at radius 1 is 1.24 bits per heavy atom. The van der Waals surface area contributed by atoms with Crippen LogP contribution in [0.15, 0.2) is 65.2 Å². The average molecular weight is 443 g/mol. The Kier molecular flexibility index (Phi) is 4.84. The topological polar surface area (TPSA) is 67.2 Å². The quantitative estimate of drug-likeness (QED) is 0.762. The van der Waals surface area contributed by atoms with Crippen LogP contribution >= 0.6 is 0 Å². The lowest BCUT2D eigenvalue weighted by Crippen LogP contribution is -2.49. The molecule has 1 aliphatic carbocycles. The van der Waals surface area contributed by atoms with Gasteiger partial charge in [0.25, 0.3) is 0 Å². The van der Waals surface area contributed by atoms with E-state index in [0.29, 0.717) is 24.7 Å². The standard InChI is InChI=1S/C26H27FN6/c1-16-13-32(24-7-4-17(10-28)26-21(24)3-2-8-30-26)15-25-20-6-5-19(9-18(20)14-33(16)25)31-23-12-29-11-22(23)27/h2-5,7-9,16,22-23,29,31H,6,11-15H2,1H3/t16-,22-,23+/m1/s1. The van der Waals surface area contributed by atoms with Gasteiger partial charge in [-0.15, -0.1) is 0 Å². The molecule has 4 aliphatic rings. The maximum absolute atomic E-state index is 14.0. The molecule has 6 rings (SSSR count). The largest absolute Gasteiger partial charge is 0.378 e. The fraction of sp³-hybridized carbons (Fsp3) is 0.385. The Labute approximate surface area is 193 Å². The van der Waals surface area contributed by atoms with Crippen LogP contribution in [-0.2, 0) is 0 Å². The van der Waals surface area contributed by atoms with Crippen LogP contribution in [0, 0.1) is 11.3 Å². The van der Waals surface area contributed by atoms with Crippen LogP contribution in [-0.4, -0.2) is 60.9 Å². The Morgan fingerprint density at radius 2 is 2.15 bits per heavy atom. The van der Waals surface area contributed by atoms with Gasteiger partial charge in [-0.2, -0.15) is 5.26 Å². The lowest BCUT2D eigenvalue weighted by molar-refractivity contribution is 0.274. The van der Waals surface area contributed by atoms with Gasteiger partial charge in [-0.1, -0.05) is 6.08 Å². The van der Waals surface area contributed by atoms with E-state index in [-0.39, 0.29) is 6.04 Å². The monoisotopic (exact) mass is 442 g/mol. The molecule has 0 unspecified atom stereocenters. The Balaban J connectivity index is 1.30. The summed E-state index contributed by atoms with van der Waals surface area (Å²) in [5, 5.41) is 17.0. The number of fused-ring (bicyclic) bond motifs is 3. The second-order valence-corrected chi connectivity index (χ2v) is 9.38. The summed E-state index contributed by atoms with van der Waals surface area (Å²) in [7, 11) is 0. The zero-order valence-electron chi connectivity index (χ0n) is 18.7. The van der Waals surface area contributed by atoms with E-state index in [4.69, 9.17) is 0 Å². The molecule has 0 saturated carbocycles. The number of allylic oxidation sites excluding steroid dienone is 2. The SMILES string of the molecule is C[C@@H]1CN(c2ccc(C#N)c3ncccc23)CC2=C3CC=C(N[C@H]4CNC[C@H]4F)C=C3CN21. The van der Waals surface area contributed by atoms with Gasteiger partial charge in [0.1, 0.15) is 12.2 Å². The van der Waals surface area contributed by atoms with Gasteiger partial charge < -0.3 is 20.4 Å². The van der Waals surface area contributed by atoms with Crippen molar-refractivity contribution in [1.29, 1.82) is 5.26 Å². The Morgan fingerprint density at radius 3 is 2.97 bits per heavy atom. The van der Waals surface area contributed by atoms with E-state index in [2.05, 4.69) is 62.7 Å². The molecule has 3 atom stereocenters. The highest BCUT2D eigenvalue weighted by Gasteiger charge is 2.37. The molecule has 6 nitrogen and oxygen atoms in total. The molecule has 2 aromatic rings. The number of hydrogen-bond acceptors (Lipinski definition) is 6. The number of benzene rings is 1. The summed E-state index contributed by atoms with van der Waals surface area (Å²) < 4.78 is 14.0. The maximum atomic E-state index is 14.0. The lowest BCUT2D eigenvalue weighted by atomic mass is 9.96. The molecule has 0 amide bonds. The van der Waals surface area contributed by atoms with Gasteiger partial charge in [-0.05, 0) is 54.8 Å². The molecular weight excluding hydrogens is 415 g/mol. The average Bonchev–Trinajstić information content (AvgIpc) is 3.41. The first kappa shape index (κ1) is 20.3. The summed E-state index contributed by atoms with van der Waals surface area (Å²) in [5.41, 5.74) is 7.67. The van der Waals surface area contributed by atoms with E-state index >= 15 is 0 Å². The molecule has 2 saturated heterocycles.